The minimum atomic E-state index is -0.417. The molecule has 88 valence electrons. The van der Waals surface area contributed by atoms with E-state index in [2.05, 4.69) is 35.1 Å². The lowest BCUT2D eigenvalue weighted by Gasteiger charge is -2.07. The third kappa shape index (κ3) is 1.76. The van der Waals surface area contributed by atoms with Gasteiger partial charge in [-0.05, 0) is 31.9 Å². The summed E-state index contributed by atoms with van der Waals surface area (Å²) in [5.74, 6) is 0.670. The lowest BCUT2D eigenvalue weighted by atomic mass is 10.1. The Kier molecular flexibility index (Phi) is 2.38. The molecule has 1 fully saturated rings. The second-order valence-electron chi connectivity index (χ2n) is 4.83. The molecule has 1 heterocycles. The van der Waals surface area contributed by atoms with Gasteiger partial charge in [-0.2, -0.15) is 5.26 Å². The lowest BCUT2D eigenvalue weighted by Crippen LogP contribution is -2.09. The van der Waals surface area contributed by atoms with Crippen LogP contribution in [0.4, 0.5) is 0 Å². The van der Waals surface area contributed by atoms with Crippen molar-refractivity contribution in [3.8, 4) is 17.3 Å². The molecule has 1 aromatic heterocycles. The molecule has 1 aliphatic carbocycles. The summed E-state index contributed by atoms with van der Waals surface area (Å²) in [6, 6.07) is 12.4. The zero-order chi connectivity index (χ0) is 12.6. The van der Waals surface area contributed by atoms with Crippen LogP contribution in [0.2, 0.25) is 0 Å². The van der Waals surface area contributed by atoms with Crippen molar-refractivity contribution in [2.45, 2.75) is 25.2 Å². The number of aryl methyl sites for hydroxylation is 1. The standard InChI is InChI=1S/C15H13N3/c1-11-3-2-4-12(9-11)13-5-8-17-14(18-13)15(10-16)6-7-15/h2-5,8-9H,6-7H2,1H3. The Balaban J connectivity index is 2.05. The van der Waals surface area contributed by atoms with Gasteiger partial charge in [0.15, 0.2) is 0 Å². The van der Waals surface area contributed by atoms with Crippen molar-refractivity contribution < 1.29 is 0 Å². The Morgan fingerprint density at radius 1 is 1.28 bits per heavy atom. The Morgan fingerprint density at radius 3 is 2.78 bits per heavy atom. The zero-order valence-electron chi connectivity index (χ0n) is 10.2. The molecule has 0 atom stereocenters. The van der Waals surface area contributed by atoms with E-state index in [9.17, 15) is 5.26 Å². The summed E-state index contributed by atoms with van der Waals surface area (Å²) < 4.78 is 0. The van der Waals surface area contributed by atoms with Crippen LogP contribution in [0.25, 0.3) is 11.3 Å². The number of hydrogen-bond donors (Lipinski definition) is 0. The SMILES string of the molecule is Cc1cccc(-c2ccnc(C3(C#N)CC3)n2)c1. The molecule has 3 rings (SSSR count). The van der Waals surface area contributed by atoms with Crippen molar-refractivity contribution in [1.82, 2.24) is 9.97 Å². The maximum atomic E-state index is 9.19. The van der Waals surface area contributed by atoms with Crippen LogP contribution in [0, 0.1) is 18.3 Å². The Labute approximate surface area is 106 Å². The van der Waals surface area contributed by atoms with E-state index >= 15 is 0 Å². The molecule has 0 spiro atoms. The van der Waals surface area contributed by atoms with Gasteiger partial charge in [0.1, 0.15) is 11.2 Å². The molecule has 0 N–H and O–H groups in total. The Bertz CT molecular complexity index is 636. The van der Waals surface area contributed by atoms with Crippen molar-refractivity contribution in [2.24, 2.45) is 0 Å². The van der Waals surface area contributed by atoms with E-state index in [0.717, 1.165) is 24.1 Å². The molecule has 0 amide bonds. The fourth-order valence-corrected chi connectivity index (χ4v) is 2.06. The van der Waals surface area contributed by atoms with Crippen LogP contribution in [0.15, 0.2) is 36.5 Å². The van der Waals surface area contributed by atoms with Crippen LogP contribution >= 0.6 is 0 Å². The molecular weight excluding hydrogens is 222 g/mol. The normalized spacial score (nSPS) is 16.0. The quantitative estimate of drug-likeness (QED) is 0.804. The fraction of sp³-hybridized carbons (Fsp3) is 0.267. The van der Waals surface area contributed by atoms with E-state index in [1.165, 1.54) is 5.56 Å². The Hall–Kier alpha value is -2.21. The van der Waals surface area contributed by atoms with Gasteiger partial charge in [-0.25, -0.2) is 9.97 Å². The maximum absolute atomic E-state index is 9.19. The predicted molar refractivity (Wildman–Crippen MR) is 68.7 cm³/mol. The van der Waals surface area contributed by atoms with Gasteiger partial charge in [0, 0.05) is 11.8 Å². The van der Waals surface area contributed by atoms with Gasteiger partial charge in [-0.3, -0.25) is 0 Å². The van der Waals surface area contributed by atoms with Crippen molar-refractivity contribution >= 4 is 0 Å². The maximum Gasteiger partial charge on any atom is 0.149 e. The molecule has 1 aromatic carbocycles. The molecule has 18 heavy (non-hydrogen) atoms. The summed E-state index contributed by atoms with van der Waals surface area (Å²) >= 11 is 0. The molecule has 1 saturated carbocycles. The van der Waals surface area contributed by atoms with E-state index in [1.54, 1.807) is 6.20 Å². The van der Waals surface area contributed by atoms with E-state index in [1.807, 2.05) is 18.2 Å². The van der Waals surface area contributed by atoms with Crippen LogP contribution in [0.3, 0.4) is 0 Å². The molecular formula is C15H13N3. The second kappa shape index (κ2) is 3.92. The molecule has 0 radical (unpaired) electrons. The summed E-state index contributed by atoms with van der Waals surface area (Å²) in [5, 5.41) is 9.19. The summed E-state index contributed by atoms with van der Waals surface area (Å²) in [4.78, 5) is 8.81. The number of rotatable bonds is 2. The first-order valence-corrected chi connectivity index (χ1v) is 6.05. The third-order valence-electron chi connectivity index (χ3n) is 3.36. The van der Waals surface area contributed by atoms with Crippen molar-refractivity contribution in [1.29, 1.82) is 5.26 Å². The van der Waals surface area contributed by atoms with E-state index in [4.69, 9.17) is 0 Å². The fourth-order valence-electron chi connectivity index (χ4n) is 2.06. The summed E-state index contributed by atoms with van der Waals surface area (Å²) in [6.07, 6.45) is 3.50. The van der Waals surface area contributed by atoms with Crippen LogP contribution in [0.5, 0.6) is 0 Å². The van der Waals surface area contributed by atoms with Crippen molar-refractivity contribution in [2.75, 3.05) is 0 Å². The van der Waals surface area contributed by atoms with Gasteiger partial charge in [-0.1, -0.05) is 23.8 Å². The van der Waals surface area contributed by atoms with Gasteiger partial charge in [0.05, 0.1) is 11.8 Å². The van der Waals surface area contributed by atoms with Gasteiger partial charge in [-0.15, -0.1) is 0 Å². The highest BCUT2D eigenvalue weighted by Gasteiger charge is 2.47. The van der Waals surface area contributed by atoms with Gasteiger partial charge >= 0.3 is 0 Å². The van der Waals surface area contributed by atoms with Gasteiger partial charge in [0.2, 0.25) is 0 Å². The van der Waals surface area contributed by atoms with E-state index in [-0.39, 0.29) is 0 Å². The first-order chi connectivity index (χ1) is 8.73. The predicted octanol–water partition coefficient (Wildman–Crippen LogP) is 3.01. The topological polar surface area (TPSA) is 49.6 Å². The van der Waals surface area contributed by atoms with Gasteiger partial charge in [0.25, 0.3) is 0 Å². The highest BCUT2D eigenvalue weighted by molar-refractivity contribution is 5.59. The van der Waals surface area contributed by atoms with E-state index in [0.29, 0.717) is 5.82 Å². The Morgan fingerprint density at radius 2 is 2.11 bits per heavy atom. The summed E-state index contributed by atoms with van der Waals surface area (Å²) in [6.45, 7) is 2.06. The van der Waals surface area contributed by atoms with Crippen LogP contribution in [0.1, 0.15) is 24.2 Å². The van der Waals surface area contributed by atoms with Crippen LogP contribution < -0.4 is 0 Å². The number of nitriles is 1. The molecule has 0 unspecified atom stereocenters. The highest BCUT2D eigenvalue weighted by Crippen LogP contribution is 2.45. The molecule has 2 aromatic rings. The number of nitrogens with zero attached hydrogens (tertiary/aromatic N) is 3. The van der Waals surface area contributed by atoms with E-state index < -0.39 is 5.41 Å². The minimum Gasteiger partial charge on any atom is -0.240 e. The highest BCUT2D eigenvalue weighted by atomic mass is 14.9. The smallest absolute Gasteiger partial charge is 0.149 e. The zero-order valence-corrected chi connectivity index (χ0v) is 10.2. The van der Waals surface area contributed by atoms with Crippen LogP contribution in [-0.4, -0.2) is 9.97 Å². The third-order valence-corrected chi connectivity index (χ3v) is 3.36. The number of aromatic nitrogens is 2. The average molecular weight is 235 g/mol. The van der Waals surface area contributed by atoms with Crippen molar-refractivity contribution in [3.63, 3.8) is 0 Å². The first kappa shape index (κ1) is 10.9. The molecule has 3 nitrogen and oxygen atoms in total. The first-order valence-electron chi connectivity index (χ1n) is 6.05. The molecule has 0 saturated heterocycles. The molecule has 0 bridgehead atoms. The number of benzene rings is 1. The molecule has 3 heteroatoms. The molecule has 1 aliphatic rings. The average Bonchev–Trinajstić information content (AvgIpc) is 3.20. The molecule has 0 aliphatic heterocycles. The summed E-state index contributed by atoms with van der Waals surface area (Å²) in [5.41, 5.74) is 2.76. The minimum absolute atomic E-state index is 0.417. The second-order valence-corrected chi connectivity index (χ2v) is 4.83. The largest absolute Gasteiger partial charge is 0.240 e. The lowest BCUT2D eigenvalue weighted by molar-refractivity contribution is 0.799. The summed E-state index contributed by atoms with van der Waals surface area (Å²) in [7, 11) is 0. The van der Waals surface area contributed by atoms with Crippen molar-refractivity contribution in [3.05, 3.63) is 47.9 Å². The number of hydrogen-bond acceptors (Lipinski definition) is 3. The monoisotopic (exact) mass is 235 g/mol. The van der Waals surface area contributed by atoms with Gasteiger partial charge < -0.3 is 0 Å². The van der Waals surface area contributed by atoms with Crippen LogP contribution in [-0.2, 0) is 5.41 Å².